The molecule has 1 saturated heterocycles. The SMILES string of the molecule is Cc1cc(C)n(C2CC2)c(=O)c1C(=O)N(C)C1CCS(=O)(=O)C1. The highest BCUT2D eigenvalue weighted by Gasteiger charge is 2.35. The van der Waals surface area contributed by atoms with E-state index in [0.717, 1.165) is 18.5 Å². The van der Waals surface area contributed by atoms with Gasteiger partial charge in [0.15, 0.2) is 9.84 Å². The Morgan fingerprint density at radius 2 is 1.91 bits per heavy atom. The number of rotatable bonds is 3. The zero-order valence-corrected chi connectivity index (χ0v) is 14.5. The van der Waals surface area contributed by atoms with Crippen LogP contribution in [-0.4, -0.2) is 48.4 Å². The van der Waals surface area contributed by atoms with Gasteiger partial charge in [-0.3, -0.25) is 9.59 Å². The monoisotopic (exact) mass is 338 g/mol. The van der Waals surface area contributed by atoms with Crippen molar-refractivity contribution in [2.45, 2.75) is 45.2 Å². The van der Waals surface area contributed by atoms with Gasteiger partial charge in [0.2, 0.25) is 0 Å². The standard InChI is InChI=1S/C16H22N2O4S/c1-10-8-11(2)18(12-4-5-12)16(20)14(10)15(19)17(3)13-6-7-23(21,22)9-13/h8,12-13H,4-7,9H2,1-3H3. The Morgan fingerprint density at radius 1 is 1.26 bits per heavy atom. The number of aromatic nitrogens is 1. The molecule has 0 spiro atoms. The van der Waals surface area contributed by atoms with Crippen LogP contribution < -0.4 is 5.56 Å². The summed E-state index contributed by atoms with van der Waals surface area (Å²) >= 11 is 0. The van der Waals surface area contributed by atoms with Crippen LogP contribution in [0.15, 0.2) is 10.9 Å². The first kappa shape index (κ1) is 16.2. The largest absolute Gasteiger partial charge is 0.337 e. The van der Waals surface area contributed by atoms with Crippen LogP contribution in [-0.2, 0) is 9.84 Å². The molecule has 0 radical (unpaired) electrons. The van der Waals surface area contributed by atoms with E-state index in [1.807, 2.05) is 13.0 Å². The summed E-state index contributed by atoms with van der Waals surface area (Å²) in [4.78, 5) is 27.0. The first-order chi connectivity index (χ1) is 10.7. The van der Waals surface area contributed by atoms with Gasteiger partial charge >= 0.3 is 0 Å². The number of nitrogens with zero attached hydrogens (tertiary/aromatic N) is 2. The second-order valence-corrected chi connectivity index (χ2v) is 8.95. The van der Waals surface area contributed by atoms with Crippen molar-refractivity contribution in [3.8, 4) is 0 Å². The Kier molecular flexibility index (Phi) is 3.86. The average Bonchev–Trinajstić information content (AvgIpc) is 3.20. The van der Waals surface area contributed by atoms with Crippen molar-refractivity contribution in [3.05, 3.63) is 33.2 Å². The molecule has 1 aliphatic carbocycles. The van der Waals surface area contributed by atoms with Gasteiger partial charge in [0.25, 0.3) is 11.5 Å². The third-order valence-electron chi connectivity index (χ3n) is 4.83. The van der Waals surface area contributed by atoms with E-state index in [4.69, 9.17) is 0 Å². The number of hydrogen-bond donors (Lipinski definition) is 0. The quantitative estimate of drug-likeness (QED) is 0.826. The predicted molar refractivity (Wildman–Crippen MR) is 87.6 cm³/mol. The predicted octanol–water partition coefficient (Wildman–Crippen LogP) is 1.06. The van der Waals surface area contributed by atoms with Gasteiger partial charge in [0, 0.05) is 24.8 Å². The van der Waals surface area contributed by atoms with E-state index in [-0.39, 0.29) is 40.6 Å². The molecule has 1 aromatic heterocycles. The molecular weight excluding hydrogens is 316 g/mol. The molecule has 2 heterocycles. The topological polar surface area (TPSA) is 76.5 Å². The number of hydrogen-bond acceptors (Lipinski definition) is 4. The Bertz CT molecular complexity index is 821. The number of carbonyl (C=O) groups excluding carboxylic acids is 1. The van der Waals surface area contributed by atoms with Crippen LogP contribution in [0.25, 0.3) is 0 Å². The fraction of sp³-hybridized carbons (Fsp3) is 0.625. The first-order valence-electron chi connectivity index (χ1n) is 7.91. The third kappa shape index (κ3) is 2.94. The molecule has 2 aliphatic rings. The van der Waals surface area contributed by atoms with Gasteiger partial charge < -0.3 is 9.47 Å². The lowest BCUT2D eigenvalue weighted by molar-refractivity contribution is 0.0744. The summed E-state index contributed by atoms with van der Waals surface area (Å²) < 4.78 is 25.0. The van der Waals surface area contributed by atoms with Gasteiger partial charge in [0.1, 0.15) is 5.56 Å². The van der Waals surface area contributed by atoms with Crippen molar-refractivity contribution < 1.29 is 13.2 Å². The van der Waals surface area contributed by atoms with Crippen molar-refractivity contribution in [1.82, 2.24) is 9.47 Å². The van der Waals surface area contributed by atoms with Crippen LogP contribution in [0.5, 0.6) is 0 Å². The number of sulfone groups is 1. The van der Waals surface area contributed by atoms with Crippen molar-refractivity contribution in [2.75, 3.05) is 18.6 Å². The van der Waals surface area contributed by atoms with Gasteiger partial charge in [-0.15, -0.1) is 0 Å². The summed E-state index contributed by atoms with van der Waals surface area (Å²) in [6, 6.07) is 1.72. The molecule has 7 heteroatoms. The van der Waals surface area contributed by atoms with Gasteiger partial charge in [-0.05, 0) is 44.7 Å². The average molecular weight is 338 g/mol. The van der Waals surface area contributed by atoms with E-state index in [2.05, 4.69) is 0 Å². The molecule has 2 fully saturated rings. The molecule has 3 rings (SSSR count). The van der Waals surface area contributed by atoms with Crippen LogP contribution in [0, 0.1) is 13.8 Å². The lowest BCUT2D eigenvalue weighted by Crippen LogP contribution is -2.42. The third-order valence-corrected chi connectivity index (χ3v) is 6.59. The zero-order chi connectivity index (χ0) is 16.9. The minimum Gasteiger partial charge on any atom is -0.337 e. The second-order valence-electron chi connectivity index (χ2n) is 6.72. The summed E-state index contributed by atoms with van der Waals surface area (Å²) in [6.45, 7) is 3.65. The highest BCUT2D eigenvalue weighted by atomic mass is 32.2. The summed E-state index contributed by atoms with van der Waals surface area (Å²) in [6.07, 6.45) is 2.37. The summed E-state index contributed by atoms with van der Waals surface area (Å²) in [5.74, 6) is -0.283. The summed E-state index contributed by atoms with van der Waals surface area (Å²) in [5.41, 5.74) is 1.46. The van der Waals surface area contributed by atoms with Gasteiger partial charge in [-0.25, -0.2) is 8.42 Å². The molecule has 126 valence electrons. The normalized spacial score (nSPS) is 23.0. The van der Waals surface area contributed by atoms with Crippen LogP contribution in [0.1, 0.15) is 46.9 Å². The van der Waals surface area contributed by atoms with Crippen LogP contribution >= 0.6 is 0 Å². The Hall–Kier alpha value is -1.63. The van der Waals surface area contributed by atoms with Crippen LogP contribution in [0.3, 0.4) is 0 Å². The lowest BCUT2D eigenvalue weighted by Gasteiger charge is -2.24. The molecule has 1 atom stereocenters. The Balaban J connectivity index is 1.96. The van der Waals surface area contributed by atoms with Crippen molar-refractivity contribution in [3.63, 3.8) is 0 Å². The maximum Gasteiger partial charge on any atom is 0.264 e. The van der Waals surface area contributed by atoms with E-state index < -0.39 is 9.84 Å². The number of carbonyl (C=O) groups is 1. The lowest BCUT2D eigenvalue weighted by atomic mass is 10.1. The van der Waals surface area contributed by atoms with Crippen LogP contribution in [0.4, 0.5) is 0 Å². The van der Waals surface area contributed by atoms with E-state index in [1.54, 1.807) is 18.5 Å². The van der Waals surface area contributed by atoms with Gasteiger partial charge in [-0.1, -0.05) is 0 Å². The zero-order valence-electron chi connectivity index (χ0n) is 13.7. The van der Waals surface area contributed by atoms with E-state index in [0.29, 0.717) is 12.0 Å². The molecule has 23 heavy (non-hydrogen) atoms. The van der Waals surface area contributed by atoms with E-state index in [1.165, 1.54) is 4.90 Å². The number of aryl methyl sites for hydroxylation is 2. The maximum atomic E-state index is 12.8. The minimum absolute atomic E-state index is 0.0169. The van der Waals surface area contributed by atoms with E-state index in [9.17, 15) is 18.0 Å². The molecule has 1 amide bonds. The molecular formula is C16H22N2O4S. The fourth-order valence-corrected chi connectivity index (χ4v) is 5.15. The second kappa shape index (κ2) is 5.47. The molecule has 1 aromatic rings. The number of amides is 1. The van der Waals surface area contributed by atoms with Crippen LogP contribution in [0.2, 0.25) is 0 Å². The highest BCUT2D eigenvalue weighted by molar-refractivity contribution is 7.91. The molecule has 1 aliphatic heterocycles. The highest BCUT2D eigenvalue weighted by Crippen LogP contribution is 2.34. The van der Waals surface area contributed by atoms with Gasteiger partial charge in [0.05, 0.1) is 11.5 Å². The summed E-state index contributed by atoms with van der Waals surface area (Å²) in [5, 5.41) is 0. The Labute approximate surface area is 136 Å². The molecule has 0 bridgehead atoms. The molecule has 0 aromatic carbocycles. The van der Waals surface area contributed by atoms with Crippen molar-refractivity contribution in [2.24, 2.45) is 0 Å². The first-order valence-corrected chi connectivity index (χ1v) is 9.74. The smallest absolute Gasteiger partial charge is 0.264 e. The maximum absolute atomic E-state index is 12.8. The molecule has 1 unspecified atom stereocenters. The molecule has 0 N–H and O–H groups in total. The van der Waals surface area contributed by atoms with Crippen molar-refractivity contribution in [1.29, 1.82) is 0 Å². The molecule has 1 saturated carbocycles. The van der Waals surface area contributed by atoms with E-state index >= 15 is 0 Å². The number of pyridine rings is 1. The fourth-order valence-electron chi connectivity index (χ4n) is 3.37. The van der Waals surface area contributed by atoms with Crippen molar-refractivity contribution >= 4 is 15.7 Å². The van der Waals surface area contributed by atoms with Gasteiger partial charge in [-0.2, -0.15) is 0 Å². The summed E-state index contributed by atoms with van der Waals surface area (Å²) in [7, 11) is -1.48. The Morgan fingerprint density at radius 3 is 2.43 bits per heavy atom. The molecule has 6 nitrogen and oxygen atoms in total. The minimum atomic E-state index is -3.07.